The summed E-state index contributed by atoms with van der Waals surface area (Å²) in [6, 6.07) is 10.2. The lowest BCUT2D eigenvalue weighted by Crippen LogP contribution is -2.42. The average Bonchev–Trinajstić information content (AvgIpc) is 2.97. The van der Waals surface area contributed by atoms with Gasteiger partial charge in [0.05, 0.1) is 5.56 Å². The van der Waals surface area contributed by atoms with Gasteiger partial charge in [-0.25, -0.2) is 4.79 Å². The van der Waals surface area contributed by atoms with E-state index in [-0.39, 0.29) is 18.6 Å². The van der Waals surface area contributed by atoms with Crippen LogP contribution in [0.15, 0.2) is 30.3 Å². The van der Waals surface area contributed by atoms with Crippen LogP contribution in [0.25, 0.3) is 5.69 Å². The Morgan fingerprint density at radius 2 is 1.79 bits per heavy atom. The number of aromatic nitrogens is 1. The number of nitrogens with one attached hydrogen (secondary N) is 1. The number of carbonyl (C=O) groups is 2. The molecule has 0 saturated heterocycles. The Kier molecular flexibility index (Phi) is 6.22. The number of carbonyl (C=O) groups excluding carboxylic acids is 2. The summed E-state index contributed by atoms with van der Waals surface area (Å²) in [5, 5.41) is 3.02. The van der Waals surface area contributed by atoms with Gasteiger partial charge in [-0.2, -0.15) is 0 Å². The van der Waals surface area contributed by atoms with Crippen LogP contribution in [0.1, 0.15) is 59.9 Å². The predicted octanol–water partition coefficient (Wildman–Crippen LogP) is 4.25. The molecule has 1 aliphatic rings. The van der Waals surface area contributed by atoms with E-state index >= 15 is 0 Å². The molecule has 1 N–H and O–H groups in total. The van der Waals surface area contributed by atoms with Crippen LogP contribution in [-0.4, -0.2) is 29.1 Å². The van der Waals surface area contributed by atoms with Crippen molar-refractivity contribution >= 4 is 11.9 Å². The summed E-state index contributed by atoms with van der Waals surface area (Å²) >= 11 is 0. The Balaban J connectivity index is 1.64. The third-order valence-electron chi connectivity index (χ3n) is 5.74. The molecule has 1 fully saturated rings. The highest BCUT2D eigenvalue weighted by molar-refractivity contribution is 5.93. The van der Waals surface area contributed by atoms with E-state index in [1.807, 2.05) is 55.7 Å². The minimum Gasteiger partial charge on any atom is -0.452 e. The second kappa shape index (κ2) is 8.63. The molecule has 0 spiro atoms. The van der Waals surface area contributed by atoms with Crippen molar-refractivity contribution in [2.75, 3.05) is 6.61 Å². The van der Waals surface area contributed by atoms with Crippen LogP contribution in [0.4, 0.5) is 0 Å². The summed E-state index contributed by atoms with van der Waals surface area (Å²) in [6.07, 6.45) is 4.49. The van der Waals surface area contributed by atoms with Crippen LogP contribution in [0, 0.1) is 26.7 Å². The zero-order valence-corrected chi connectivity index (χ0v) is 17.2. The molecule has 1 heterocycles. The monoisotopic (exact) mass is 382 g/mol. The summed E-state index contributed by atoms with van der Waals surface area (Å²) in [5.41, 5.74) is 4.45. The van der Waals surface area contributed by atoms with Gasteiger partial charge in [0.1, 0.15) is 0 Å². The highest BCUT2D eigenvalue weighted by Gasteiger charge is 2.24. The van der Waals surface area contributed by atoms with Crippen molar-refractivity contribution in [3.63, 3.8) is 0 Å². The molecule has 150 valence electrons. The van der Waals surface area contributed by atoms with Gasteiger partial charge in [0.25, 0.3) is 5.91 Å². The second-order valence-corrected chi connectivity index (χ2v) is 7.97. The lowest BCUT2D eigenvalue weighted by molar-refractivity contribution is -0.125. The first-order valence-electron chi connectivity index (χ1n) is 10.1. The number of ether oxygens (including phenoxy) is 1. The third kappa shape index (κ3) is 4.46. The highest BCUT2D eigenvalue weighted by Crippen LogP contribution is 2.24. The van der Waals surface area contributed by atoms with Crippen LogP contribution >= 0.6 is 0 Å². The molecule has 5 heteroatoms. The van der Waals surface area contributed by atoms with Gasteiger partial charge in [0.15, 0.2) is 6.61 Å². The third-order valence-corrected chi connectivity index (χ3v) is 5.74. The Morgan fingerprint density at radius 1 is 1.11 bits per heavy atom. The summed E-state index contributed by atoms with van der Waals surface area (Å²) in [5.74, 6) is -0.209. The number of aryl methyl sites for hydroxylation is 2. The number of nitrogens with zero attached hydrogens (tertiary/aromatic N) is 1. The molecule has 2 atom stereocenters. The Labute approximate surface area is 167 Å². The fraction of sp³-hybridized carbons (Fsp3) is 0.478. The van der Waals surface area contributed by atoms with Crippen molar-refractivity contribution in [3.05, 3.63) is 52.8 Å². The normalized spacial score (nSPS) is 19.3. The highest BCUT2D eigenvalue weighted by atomic mass is 16.5. The molecule has 0 radical (unpaired) electrons. The molecule has 1 aromatic carbocycles. The quantitative estimate of drug-likeness (QED) is 0.786. The minimum atomic E-state index is -0.460. The Morgan fingerprint density at radius 3 is 2.46 bits per heavy atom. The van der Waals surface area contributed by atoms with Crippen LogP contribution in [0.3, 0.4) is 0 Å². The minimum absolute atomic E-state index is 0.187. The van der Waals surface area contributed by atoms with E-state index in [1.54, 1.807) is 0 Å². The van der Waals surface area contributed by atoms with E-state index in [0.29, 0.717) is 11.5 Å². The molecule has 2 aromatic rings. The SMILES string of the molecule is Cc1ccc(-n2c(C)cc(C(=O)OCC(=O)N[C@@H]3CCCC[C@@H]3C)c2C)cc1. The summed E-state index contributed by atoms with van der Waals surface area (Å²) in [7, 11) is 0. The van der Waals surface area contributed by atoms with E-state index in [4.69, 9.17) is 4.74 Å². The molecular weight excluding hydrogens is 352 g/mol. The van der Waals surface area contributed by atoms with Gasteiger partial charge in [0.2, 0.25) is 0 Å². The molecular formula is C23H30N2O3. The van der Waals surface area contributed by atoms with Crippen molar-refractivity contribution in [3.8, 4) is 5.69 Å². The lowest BCUT2D eigenvalue weighted by atomic mass is 9.86. The predicted molar refractivity (Wildman–Crippen MR) is 110 cm³/mol. The molecule has 1 aromatic heterocycles. The number of hydrogen-bond acceptors (Lipinski definition) is 3. The maximum Gasteiger partial charge on any atom is 0.340 e. The zero-order chi connectivity index (χ0) is 20.3. The van der Waals surface area contributed by atoms with Crippen molar-refractivity contribution in [2.45, 2.75) is 59.4 Å². The van der Waals surface area contributed by atoms with Gasteiger partial charge >= 0.3 is 5.97 Å². The van der Waals surface area contributed by atoms with Crippen LogP contribution < -0.4 is 5.32 Å². The summed E-state index contributed by atoms with van der Waals surface area (Å²) in [6.45, 7) is 7.82. The number of esters is 1. The fourth-order valence-electron chi connectivity index (χ4n) is 4.05. The van der Waals surface area contributed by atoms with Gasteiger partial charge in [-0.1, -0.05) is 37.5 Å². The summed E-state index contributed by atoms with van der Waals surface area (Å²) < 4.78 is 7.33. The van der Waals surface area contributed by atoms with Gasteiger partial charge < -0.3 is 14.6 Å². The number of rotatable bonds is 5. The Hall–Kier alpha value is -2.56. The fourth-order valence-corrected chi connectivity index (χ4v) is 4.05. The summed E-state index contributed by atoms with van der Waals surface area (Å²) in [4.78, 5) is 24.8. The second-order valence-electron chi connectivity index (χ2n) is 7.97. The number of hydrogen-bond donors (Lipinski definition) is 1. The first-order valence-corrected chi connectivity index (χ1v) is 10.1. The van der Waals surface area contributed by atoms with Gasteiger partial charge in [-0.05, 0) is 57.7 Å². The molecule has 5 nitrogen and oxygen atoms in total. The van der Waals surface area contributed by atoms with Gasteiger partial charge in [0, 0.05) is 23.1 Å². The first-order chi connectivity index (χ1) is 13.4. The maximum atomic E-state index is 12.6. The number of amides is 1. The van der Waals surface area contributed by atoms with Gasteiger partial charge in [-0.3, -0.25) is 4.79 Å². The Bertz CT molecular complexity index is 851. The zero-order valence-electron chi connectivity index (χ0n) is 17.2. The molecule has 0 unspecified atom stereocenters. The molecule has 0 bridgehead atoms. The molecule has 3 rings (SSSR count). The van der Waals surface area contributed by atoms with E-state index in [1.165, 1.54) is 12.0 Å². The molecule has 28 heavy (non-hydrogen) atoms. The maximum absolute atomic E-state index is 12.6. The van der Waals surface area contributed by atoms with Crippen molar-refractivity contribution < 1.29 is 14.3 Å². The van der Waals surface area contributed by atoms with Crippen molar-refractivity contribution in [1.82, 2.24) is 9.88 Å². The molecule has 1 amide bonds. The van der Waals surface area contributed by atoms with Crippen LogP contribution in [0.2, 0.25) is 0 Å². The number of benzene rings is 1. The molecule has 0 aliphatic heterocycles. The van der Waals surface area contributed by atoms with Crippen LogP contribution in [0.5, 0.6) is 0 Å². The topological polar surface area (TPSA) is 60.3 Å². The standard InChI is InChI=1S/C23H30N2O3/c1-15-9-11-19(12-10-15)25-17(3)13-20(18(25)4)23(27)28-14-22(26)24-21-8-6-5-7-16(21)2/h9-13,16,21H,5-8,14H2,1-4H3,(H,24,26)/t16-,21+/m0/s1. The van der Waals surface area contributed by atoms with E-state index in [2.05, 4.69) is 12.2 Å². The van der Waals surface area contributed by atoms with E-state index in [9.17, 15) is 9.59 Å². The van der Waals surface area contributed by atoms with Gasteiger partial charge in [-0.15, -0.1) is 0 Å². The smallest absolute Gasteiger partial charge is 0.340 e. The average molecular weight is 383 g/mol. The van der Waals surface area contributed by atoms with E-state index in [0.717, 1.165) is 36.3 Å². The largest absolute Gasteiger partial charge is 0.452 e. The molecule has 1 saturated carbocycles. The molecule has 1 aliphatic carbocycles. The van der Waals surface area contributed by atoms with E-state index < -0.39 is 5.97 Å². The van der Waals surface area contributed by atoms with Crippen molar-refractivity contribution in [2.24, 2.45) is 5.92 Å². The first kappa shape index (κ1) is 20.2. The van der Waals surface area contributed by atoms with Crippen LogP contribution in [-0.2, 0) is 9.53 Å². The lowest BCUT2D eigenvalue weighted by Gasteiger charge is -2.29. The van der Waals surface area contributed by atoms with Crippen molar-refractivity contribution in [1.29, 1.82) is 0 Å².